The maximum atomic E-state index is 13.0. The molecule has 3 aromatic rings. The summed E-state index contributed by atoms with van der Waals surface area (Å²) in [7, 11) is -1.02. The van der Waals surface area contributed by atoms with Crippen LogP contribution in [0.2, 0.25) is 0 Å². The molecule has 116 valence electrons. The quantitative estimate of drug-likeness (QED) is 0.421. The van der Waals surface area contributed by atoms with Crippen LogP contribution in [-0.2, 0) is 13.6 Å². The molecule has 0 aliphatic carbocycles. The highest BCUT2D eigenvalue weighted by Crippen LogP contribution is 2.49. The zero-order valence-corrected chi connectivity index (χ0v) is 13.6. The van der Waals surface area contributed by atoms with E-state index in [0.717, 1.165) is 5.39 Å². The van der Waals surface area contributed by atoms with Crippen LogP contribution in [0.5, 0.6) is 0 Å². The summed E-state index contributed by atoms with van der Waals surface area (Å²) in [6, 6.07) is 7.35. The number of fused-ring (bicyclic) bond motifs is 3. The van der Waals surface area contributed by atoms with Gasteiger partial charge < -0.3 is 18.7 Å². The zero-order valence-electron chi connectivity index (χ0n) is 12.7. The zero-order chi connectivity index (χ0) is 16.1. The van der Waals surface area contributed by atoms with Gasteiger partial charge >= 0.3 is 7.60 Å². The van der Waals surface area contributed by atoms with E-state index in [0.29, 0.717) is 27.0 Å². The van der Waals surface area contributed by atoms with Crippen molar-refractivity contribution in [2.24, 2.45) is 0 Å². The molecule has 0 N–H and O–H groups in total. The number of aryl methyl sites for hydroxylation is 1. The van der Waals surface area contributed by atoms with Crippen LogP contribution >= 0.6 is 7.60 Å². The Morgan fingerprint density at radius 2 is 1.77 bits per heavy atom. The summed E-state index contributed by atoms with van der Waals surface area (Å²) < 4.78 is 29.7. The molecule has 0 amide bonds. The predicted molar refractivity (Wildman–Crippen MR) is 83.4 cm³/mol. The molecule has 2 heterocycles. The van der Waals surface area contributed by atoms with Crippen molar-refractivity contribution in [2.45, 2.75) is 13.8 Å². The molecule has 0 bridgehead atoms. The Hall–Kier alpha value is -1.88. The van der Waals surface area contributed by atoms with Gasteiger partial charge in [0.05, 0.1) is 5.39 Å². The fourth-order valence-corrected chi connectivity index (χ4v) is 4.25. The summed E-state index contributed by atoms with van der Waals surface area (Å²) in [6.45, 7) is 3.26. The van der Waals surface area contributed by atoms with E-state index in [1.54, 1.807) is 19.9 Å². The van der Waals surface area contributed by atoms with Gasteiger partial charge in [-0.3, -0.25) is 4.57 Å². The number of furan rings is 1. The Balaban J connectivity index is 2.63. The molecule has 0 aliphatic rings. The van der Waals surface area contributed by atoms with Crippen LogP contribution in [0.25, 0.3) is 21.9 Å². The predicted octanol–water partition coefficient (Wildman–Crippen LogP) is 2.95. The van der Waals surface area contributed by atoms with Gasteiger partial charge in [0.15, 0.2) is 0 Å². The van der Waals surface area contributed by atoms with Crippen LogP contribution < -0.4 is 10.0 Å². The highest BCUT2D eigenvalue weighted by atomic mass is 31.2. The fourth-order valence-electron chi connectivity index (χ4n) is 2.75. The normalized spacial score (nSPS) is 12.4. The highest BCUT2D eigenvalue weighted by molar-refractivity contribution is 7.62. The number of hydrogen-bond donors (Lipinski definition) is 0. The average molecular weight is 321 g/mol. The molecule has 22 heavy (non-hydrogen) atoms. The van der Waals surface area contributed by atoms with Crippen molar-refractivity contribution in [1.82, 2.24) is 0 Å². The lowest BCUT2D eigenvalue weighted by Gasteiger charge is -2.17. The maximum absolute atomic E-state index is 13.0. The molecular formula is C15H16NO5P. The Bertz CT molecular complexity index is 923. The molecule has 2 aromatic heterocycles. The molecule has 6 nitrogen and oxygen atoms in total. The lowest BCUT2D eigenvalue weighted by atomic mass is 10.1. The first-order valence-electron chi connectivity index (χ1n) is 6.70. The standard InChI is InChI=1S/C15H16NO5P/c1-9-14-13(11-7-5-6-8-12(11)21-14)15(10(2)16(9)17)22(18,19-3)20-4/h5-8H,1-4H3. The Kier molecular flexibility index (Phi) is 3.48. The van der Waals surface area contributed by atoms with E-state index < -0.39 is 7.60 Å². The van der Waals surface area contributed by atoms with Crippen LogP contribution in [0, 0.1) is 19.1 Å². The van der Waals surface area contributed by atoms with Crippen molar-refractivity contribution >= 4 is 34.8 Å². The number of hydrogen-bond acceptors (Lipinski definition) is 5. The SMILES string of the molecule is COP(=O)(OC)c1c(C)[n+]([O-])c(C)c2oc3ccccc3c12. The number of pyridine rings is 1. The monoisotopic (exact) mass is 321 g/mol. The number of rotatable bonds is 3. The third-order valence-electron chi connectivity index (χ3n) is 3.87. The summed E-state index contributed by atoms with van der Waals surface area (Å²) in [6.07, 6.45) is 0. The molecule has 1 aromatic carbocycles. The third-order valence-corrected chi connectivity index (χ3v) is 5.92. The van der Waals surface area contributed by atoms with Gasteiger partial charge in [-0.2, -0.15) is 4.73 Å². The lowest BCUT2D eigenvalue weighted by Crippen LogP contribution is -2.39. The van der Waals surface area contributed by atoms with Crippen molar-refractivity contribution in [1.29, 1.82) is 0 Å². The molecule has 0 unspecified atom stereocenters. The Morgan fingerprint density at radius 1 is 1.14 bits per heavy atom. The average Bonchev–Trinajstić information content (AvgIpc) is 2.92. The van der Waals surface area contributed by atoms with E-state index in [4.69, 9.17) is 13.5 Å². The highest BCUT2D eigenvalue weighted by Gasteiger charge is 2.37. The van der Waals surface area contributed by atoms with E-state index in [1.807, 2.05) is 18.2 Å². The molecule has 0 aliphatic heterocycles. The van der Waals surface area contributed by atoms with E-state index in [1.165, 1.54) is 14.2 Å². The van der Waals surface area contributed by atoms with E-state index in [2.05, 4.69) is 0 Å². The topological polar surface area (TPSA) is 75.6 Å². The maximum Gasteiger partial charge on any atom is 0.367 e. The van der Waals surface area contributed by atoms with Gasteiger partial charge in [-0.25, -0.2) is 0 Å². The van der Waals surface area contributed by atoms with Crippen molar-refractivity contribution < 1.29 is 22.8 Å². The first-order valence-corrected chi connectivity index (χ1v) is 8.25. The fraction of sp³-hybridized carbons (Fsp3) is 0.267. The number of benzene rings is 1. The van der Waals surface area contributed by atoms with Gasteiger partial charge in [-0.1, -0.05) is 18.2 Å². The molecule has 3 rings (SSSR count). The molecule has 0 spiro atoms. The summed E-state index contributed by atoms with van der Waals surface area (Å²) in [5.74, 6) is 0. The van der Waals surface area contributed by atoms with Crippen molar-refractivity contribution in [3.63, 3.8) is 0 Å². The molecular weight excluding hydrogens is 305 g/mol. The molecule has 7 heteroatoms. The number of nitrogens with zero attached hydrogens (tertiary/aromatic N) is 1. The van der Waals surface area contributed by atoms with Crippen LogP contribution in [-0.4, -0.2) is 14.2 Å². The summed E-state index contributed by atoms with van der Waals surface area (Å²) >= 11 is 0. The smallest absolute Gasteiger partial charge is 0.367 e. The number of para-hydroxylation sites is 1. The molecule has 0 fully saturated rings. The van der Waals surface area contributed by atoms with Crippen LogP contribution in [0.1, 0.15) is 11.4 Å². The molecule has 0 saturated carbocycles. The van der Waals surface area contributed by atoms with Crippen LogP contribution in [0.15, 0.2) is 28.7 Å². The molecule has 0 atom stereocenters. The van der Waals surface area contributed by atoms with Crippen molar-refractivity contribution in [3.05, 3.63) is 40.9 Å². The second kappa shape index (κ2) is 5.09. The van der Waals surface area contributed by atoms with E-state index >= 15 is 0 Å². The van der Waals surface area contributed by atoms with Gasteiger partial charge in [0, 0.05) is 33.5 Å². The minimum atomic E-state index is -3.62. The van der Waals surface area contributed by atoms with Gasteiger partial charge in [-0.05, 0) is 6.07 Å². The Labute approximate surface area is 127 Å². The van der Waals surface area contributed by atoms with Gasteiger partial charge in [0.2, 0.25) is 17.0 Å². The van der Waals surface area contributed by atoms with Gasteiger partial charge in [0.1, 0.15) is 10.9 Å². The first-order chi connectivity index (χ1) is 10.4. The van der Waals surface area contributed by atoms with Crippen LogP contribution in [0.3, 0.4) is 0 Å². The largest absolute Gasteiger partial charge is 0.618 e. The van der Waals surface area contributed by atoms with Crippen LogP contribution in [0.4, 0.5) is 0 Å². The van der Waals surface area contributed by atoms with E-state index in [9.17, 15) is 9.77 Å². The molecule has 0 radical (unpaired) electrons. The van der Waals surface area contributed by atoms with Gasteiger partial charge in [-0.15, -0.1) is 0 Å². The lowest BCUT2D eigenvalue weighted by molar-refractivity contribution is -0.616. The minimum absolute atomic E-state index is 0.248. The third kappa shape index (κ3) is 1.88. The van der Waals surface area contributed by atoms with E-state index in [-0.39, 0.29) is 11.0 Å². The first kappa shape index (κ1) is 15.0. The minimum Gasteiger partial charge on any atom is -0.618 e. The number of aromatic nitrogens is 1. The molecule has 0 saturated heterocycles. The second-order valence-electron chi connectivity index (χ2n) is 4.98. The Morgan fingerprint density at radius 3 is 2.41 bits per heavy atom. The van der Waals surface area contributed by atoms with Crippen molar-refractivity contribution in [3.8, 4) is 0 Å². The summed E-state index contributed by atoms with van der Waals surface area (Å²) in [5.41, 5.74) is 1.70. The summed E-state index contributed by atoms with van der Waals surface area (Å²) in [4.78, 5) is 0. The second-order valence-corrected chi connectivity index (χ2v) is 7.15. The van der Waals surface area contributed by atoms with Gasteiger partial charge in [0.25, 0.3) is 0 Å². The van der Waals surface area contributed by atoms with Crippen molar-refractivity contribution in [2.75, 3.05) is 14.2 Å². The summed E-state index contributed by atoms with van der Waals surface area (Å²) in [5, 5.41) is 14.0.